The quantitative estimate of drug-likeness (QED) is 0.0960. The predicted octanol–water partition coefficient (Wildman–Crippen LogP) is 9.56. The van der Waals surface area contributed by atoms with Crippen LogP contribution in [0.25, 0.3) is 22.1 Å². The van der Waals surface area contributed by atoms with Crippen molar-refractivity contribution in [3.8, 4) is 0 Å². The van der Waals surface area contributed by atoms with Crippen LogP contribution in [0.4, 0.5) is 15.3 Å². The number of likely N-dealkylation sites (tertiary alicyclic amines) is 2. The van der Waals surface area contributed by atoms with Crippen LogP contribution in [0.5, 0.6) is 0 Å². The number of hydrogen-bond donors (Lipinski definition) is 2. The first-order chi connectivity index (χ1) is 32.7. The molecule has 8 rings (SSSR count). The normalized spacial score (nSPS) is 22.6. The number of imidazole rings is 2. The molecule has 69 heavy (non-hydrogen) atoms. The summed E-state index contributed by atoms with van der Waals surface area (Å²) >= 11 is 1.71. The molecule has 0 bridgehead atoms. The number of amides is 2. The molecule has 17 heteroatoms. The van der Waals surface area contributed by atoms with Crippen LogP contribution in [0.1, 0.15) is 114 Å². The second-order valence-electron chi connectivity index (χ2n) is 21.4. The van der Waals surface area contributed by atoms with E-state index in [1.165, 1.54) is 0 Å². The van der Waals surface area contributed by atoms with Crippen LogP contribution in [0.15, 0.2) is 66.7 Å². The second-order valence-corrected chi connectivity index (χ2v) is 27.0. The summed E-state index contributed by atoms with van der Waals surface area (Å²) in [5.41, 5.74) is 4.19. The first kappa shape index (κ1) is 50.9. The zero-order chi connectivity index (χ0) is 49.4. The predicted molar refractivity (Wildman–Crippen MR) is 276 cm³/mol. The Bertz CT molecular complexity index is 2580. The van der Waals surface area contributed by atoms with Gasteiger partial charge in [0.05, 0.1) is 59.4 Å². The molecule has 0 spiro atoms. The molecule has 0 saturated carbocycles. The van der Waals surface area contributed by atoms with Crippen molar-refractivity contribution in [3.63, 3.8) is 0 Å². The lowest BCUT2D eigenvalue weighted by Gasteiger charge is -2.33. The van der Waals surface area contributed by atoms with Crippen LogP contribution in [0, 0.1) is 0 Å². The van der Waals surface area contributed by atoms with Crippen molar-refractivity contribution >= 4 is 61.7 Å². The van der Waals surface area contributed by atoms with Crippen LogP contribution in [-0.2, 0) is 32.4 Å². The highest BCUT2D eigenvalue weighted by Crippen LogP contribution is 2.49. The van der Waals surface area contributed by atoms with Crippen LogP contribution < -0.4 is 4.90 Å². The Labute approximate surface area is 413 Å². The number of hydrogen-bond acceptors (Lipinski definition) is 12. The number of anilines is 1. The Kier molecular flexibility index (Phi) is 15.2. The SMILES string of the molecule is CSCCOCn1c(C2CCCN2C(=O)OC(C)(C)C)nc2cc(C3[C@H](O)C(O)C(c4ccc5c(c4)nc(C4CCCN4C(=O)OC(C)(C)C)n5COCCS(C)(C)C)N3c3ccccc3)ccc21. The molecule has 376 valence electrons. The molecular formula is C52H73N7O8S2. The molecule has 0 aliphatic carbocycles. The Balaban J connectivity index is 1.18. The first-order valence-corrected chi connectivity index (χ1v) is 28.6. The minimum Gasteiger partial charge on any atom is -0.444 e. The number of fused-ring (bicyclic) bond motifs is 2. The van der Waals surface area contributed by atoms with Crippen molar-refractivity contribution in [1.82, 2.24) is 28.9 Å². The highest BCUT2D eigenvalue weighted by atomic mass is 32.3. The summed E-state index contributed by atoms with van der Waals surface area (Å²) in [4.78, 5) is 43.3. The van der Waals surface area contributed by atoms with Gasteiger partial charge in [-0.1, -0.05) is 30.3 Å². The largest absolute Gasteiger partial charge is 0.444 e. The van der Waals surface area contributed by atoms with Gasteiger partial charge in [0, 0.05) is 30.3 Å². The van der Waals surface area contributed by atoms with Crippen molar-refractivity contribution in [3.05, 3.63) is 89.5 Å². The third-order valence-electron chi connectivity index (χ3n) is 13.0. The van der Waals surface area contributed by atoms with E-state index in [9.17, 15) is 19.8 Å². The Morgan fingerprint density at radius 1 is 0.696 bits per heavy atom. The second kappa shape index (κ2) is 20.7. The molecule has 5 aromatic rings. The van der Waals surface area contributed by atoms with Gasteiger partial charge in [-0.3, -0.25) is 9.80 Å². The van der Waals surface area contributed by atoms with Gasteiger partial charge in [-0.25, -0.2) is 29.6 Å². The van der Waals surface area contributed by atoms with Crippen LogP contribution >= 0.6 is 21.8 Å². The molecule has 0 radical (unpaired) electrons. The van der Waals surface area contributed by atoms with Crippen molar-refractivity contribution in [2.45, 2.75) is 128 Å². The number of aliphatic hydroxyl groups excluding tert-OH is 2. The van der Waals surface area contributed by atoms with Gasteiger partial charge in [0.1, 0.15) is 48.5 Å². The van der Waals surface area contributed by atoms with Crippen LogP contribution in [0.2, 0.25) is 0 Å². The van der Waals surface area contributed by atoms with Gasteiger partial charge in [0.25, 0.3) is 0 Å². The van der Waals surface area contributed by atoms with Gasteiger partial charge in [-0.05, 0) is 140 Å². The summed E-state index contributed by atoms with van der Waals surface area (Å²) in [6.07, 6.45) is 8.85. The zero-order valence-electron chi connectivity index (χ0n) is 42.1. The van der Waals surface area contributed by atoms with Gasteiger partial charge in [0.15, 0.2) is 0 Å². The van der Waals surface area contributed by atoms with E-state index in [1.807, 2.05) is 115 Å². The maximum atomic E-state index is 13.6. The number of thioether (sulfide) groups is 1. The highest BCUT2D eigenvalue weighted by molar-refractivity contribution is 8.32. The smallest absolute Gasteiger partial charge is 0.410 e. The fourth-order valence-electron chi connectivity index (χ4n) is 9.90. The number of rotatable bonds is 15. The topological polar surface area (TPSA) is 157 Å². The van der Waals surface area contributed by atoms with E-state index in [-0.39, 0.29) is 37.7 Å². The van der Waals surface area contributed by atoms with Gasteiger partial charge < -0.3 is 43.2 Å². The molecule has 6 atom stereocenters. The summed E-state index contributed by atoms with van der Waals surface area (Å²) in [6, 6.07) is 20.0. The number of carbonyl (C=O) groups excluding carboxylic acids is 2. The number of aliphatic hydroxyl groups is 2. The Morgan fingerprint density at radius 3 is 1.59 bits per heavy atom. The fraction of sp³-hybridized carbons (Fsp3) is 0.577. The molecule has 5 heterocycles. The number of ether oxygens (including phenoxy) is 4. The Hall–Kier alpha value is -4.52. The maximum absolute atomic E-state index is 13.6. The molecular weight excluding hydrogens is 915 g/mol. The summed E-state index contributed by atoms with van der Waals surface area (Å²) in [5.74, 6) is 3.25. The van der Waals surface area contributed by atoms with E-state index in [2.05, 4.69) is 32.8 Å². The lowest BCUT2D eigenvalue weighted by Crippen LogP contribution is -2.37. The molecule has 2 aromatic heterocycles. The molecule has 5 unspecified atom stereocenters. The summed E-state index contributed by atoms with van der Waals surface area (Å²) in [6.45, 7) is 14.1. The van der Waals surface area contributed by atoms with Crippen molar-refractivity contribution in [2.24, 2.45) is 0 Å². The monoisotopic (exact) mass is 987 g/mol. The van der Waals surface area contributed by atoms with Crippen molar-refractivity contribution in [1.29, 1.82) is 0 Å². The fourth-order valence-corrected chi connectivity index (χ4v) is 10.8. The standard InChI is InChI=1S/C52H73N7O8S2/c1-51(2,3)66-49(62)55-24-14-18-41(55)47-53-37-30-34(20-22-39(37)57(47)32-64-26-28-68-7)43-45(60)46(61)44(59(43)36-16-12-11-13-17-36)35-21-23-40-38(31-35)54-48(58(40)33-65-27-29-69(8,9)10)42-19-15-25-56(42)50(63)67-52(4,5)6/h11-13,16-17,20-23,30-31,41-46,60-61H,14-15,18-19,24-29,32-33H2,1-10H3/t41?,42?,43?,44?,45-,46?/m0/s1. The van der Waals surface area contributed by atoms with E-state index < -0.39 is 45.5 Å². The van der Waals surface area contributed by atoms with Gasteiger partial charge >= 0.3 is 12.2 Å². The molecule has 2 N–H and O–H groups in total. The molecule has 3 fully saturated rings. The van der Waals surface area contributed by atoms with E-state index in [0.717, 1.165) is 76.7 Å². The molecule has 3 aromatic carbocycles. The minimum atomic E-state index is -1.19. The van der Waals surface area contributed by atoms with E-state index in [0.29, 0.717) is 37.3 Å². The van der Waals surface area contributed by atoms with E-state index in [4.69, 9.17) is 28.9 Å². The summed E-state index contributed by atoms with van der Waals surface area (Å²) in [7, 11) is -0.775. The van der Waals surface area contributed by atoms with Gasteiger partial charge in [-0.2, -0.15) is 11.8 Å². The number of nitrogens with zero attached hydrogens (tertiary/aromatic N) is 7. The molecule has 3 saturated heterocycles. The highest BCUT2D eigenvalue weighted by Gasteiger charge is 2.49. The van der Waals surface area contributed by atoms with Crippen molar-refractivity contribution in [2.75, 3.05) is 67.7 Å². The lowest BCUT2D eigenvalue weighted by molar-refractivity contribution is 0.0196. The number of carbonyl (C=O) groups is 2. The molecule has 3 aliphatic heterocycles. The third kappa shape index (κ3) is 11.3. The lowest BCUT2D eigenvalue weighted by atomic mass is 9.98. The molecule has 3 aliphatic rings. The van der Waals surface area contributed by atoms with E-state index >= 15 is 0 Å². The molecule has 15 nitrogen and oxygen atoms in total. The van der Waals surface area contributed by atoms with Gasteiger partial charge in [-0.15, -0.1) is 0 Å². The Morgan fingerprint density at radius 2 is 1.16 bits per heavy atom. The minimum absolute atomic E-state index is 0.261. The number of aromatic nitrogens is 4. The van der Waals surface area contributed by atoms with E-state index in [1.54, 1.807) is 21.6 Å². The average Bonchev–Trinajstić information content (AvgIpc) is 4.12. The van der Waals surface area contributed by atoms with Crippen LogP contribution in [-0.4, -0.2) is 138 Å². The summed E-state index contributed by atoms with van der Waals surface area (Å²) in [5, 5.41) is 24.6. The first-order valence-electron chi connectivity index (χ1n) is 24.2. The zero-order valence-corrected chi connectivity index (χ0v) is 43.7. The average molecular weight is 988 g/mol. The molecule has 2 amide bonds. The number of para-hydroxylation sites is 1. The third-order valence-corrected chi connectivity index (χ3v) is 15.0. The van der Waals surface area contributed by atoms with Crippen LogP contribution in [0.3, 0.4) is 0 Å². The summed E-state index contributed by atoms with van der Waals surface area (Å²) < 4.78 is 28.4. The van der Waals surface area contributed by atoms with Crippen molar-refractivity contribution < 1.29 is 38.7 Å². The number of benzene rings is 3. The van der Waals surface area contributed by atoms with Gasteiger partial charge in [0.2, 0.25) is 0 Å². The maximum Gasteiger partial charge on any atom is 0.410 e.